The van der Waals surface area contributed by atoms with E-state index in [1.165, 1.54) is 19.2 Å². The normalized spacial score (nSPS) is 14.1. The zero-order valence-corrected chi connectivity index (χ0v) is 10.4. The second-order valence-electron chi connectivity index (χ2n) is 4.12. The van der Waals surface area contributed by atoms with Crippen LogP contribution in [0.5, 0.6) is 0 Å². The molecule has 0 aliphatic carbocycles. The van der Waals surface area contributed by atoms with Gasteiger partial charge in [-0.2, -0.15) is 0 Å². The van der Waals surface area contributed by atoms with Crippen molar-refractivity contribution in [2.45, 2.75) is 32.4 Å². The van der Waals surface area contributed by atoms with Crippen molar-refractivity contribution < 1.29 is 13.9 Å². The van der Waals surface area contributed by atoms with Crippen molar-refractivity contribution in [2.75, 3.05) is 7.11 Å². The molecule has 0 radical (unpaired) electrons. The molecule has 94 valence electrons. The number of rotatable bonds is 5. The maximum Gasteiger partial charge on any atom is 0.307 e. The molecule has 0 saturated heterocycles. The van der Waals surface area contributed by atoms with Crippen LogP contribution in [0.25, 0.3) is 0 Å². The van der Waals surface area contributed by atoms with E-state index in [1.807, 2.05) is 19.9 Å². The lowest BCUT2D eigenvalue weighted by molar-refractivity contribution is -0.141. The molecule has 0 spiro atoms. The average Bonchev–Trinajstić information content (AvgIpc) is 2.28. The molecule has 2 atom stereocenters. The SMILES string of the molecule is COC(=O)CC(C)N[C@@H](C)c1cccc(F)c1. The van der Waals surface area contributed by atoms with E-state index in [0.29, 0.717) is 6.42 Å². The summed E-state index contributed by atoms with van der Waals surface area (Å²) in [7, 11) is 1.37. The van der Waals surface area contributed by atoms with Crippen molar-refractivity contribution >= 4 is 5.97 Å². The summed E-state index contributed by atoms with van der Waals surface area (Å²) in [5.74, 6) is -0.506. The number of hydrogen-bond acceptors (Lipinski definition) is 3. The van der Waals surface area contributed by atoms with Gasteiger partial charge in [0.25, 0.3) is 0 Å². The second kappa shape index (κ2) is 6.35. The highest BCUT2D eigenvalue weighted by atomic mass is 19.1. The Bertz CT molecular complexity index is 381. The molecule has 0 fully saturated rings. The van der Waals surface area contributed by atoms with Crippen LogP contribution >= 0.6 is 0 Å². The summed E-state index contributed by atoms with van der Waals surface area (Å²) in [5.41, 5.74) is 0.863. The van der Waals surface area contributed by atoms with Gasteiger partial charge in [-0.15, -0.1) is 0 Å². The number of esters is 1. The van der Waals surface area contributed by atoms with E-state index in [0.717, 1.165) is 5.56 Å². The van der Waals surface area contributed by atoms with E-state index in [-0.39, 0.29) is 23.9 Å². The monoisotopic (exact) mass is 239 g/mol. The summed E-state index contributed by atoms with van der Waals surface area (Å²) in [6, 6.07) is 6.40. The predicted octanol–water partition coefficient (Wildman–Crippen LogP) is 2.43. The maximum atomic E-state index is 13.0. The minimum Gasteiger partial charge on any atom is -0.469 e. The van der Waals surface area contributed by atoms with Gasteiger partial charge in [-0.05, 0) is 31.5 Å². The van der Waals surface area contributed by atoms with Crippen LogP contribution in [0.1, 0.15) is 31.9 Å². The van der Waals surface area contributed by atoms with Gasteiger partial charge in [0.15, 0.2) is 0 Å². The van der Waals surface area contributed by atoms with Gasteiger partial charge in [-0.25, -0.2) is 4.39 Å². The third kappa shape index (κ3) is 4.53. The number of ether oxygens (including phenoxy) is 1. The van der Waals surface area contributed by atoms with Gasteiger partial charge in [0, 0.05) is 12.1 Å². The largest absolute Gasteiger partial charge is 0.469 e. The Morgan fingerprint density at radius 1 is 1.47 bits per heavy atom. The third-order valence-electron chi connectivity index (χ3n) is 2.58. The summed E-state index contributed by atoms with van der Waals surface area (Å²) in [4.78, 5) is 11.1. The van der Waals surface area contributed by atoms with Crippen LogP contribution in [0.15, 0.2) is 24.3 Å². The number of carbonyl (C=O) groups excluding carboxylic acids is 1. The fourth-order valence-electron chi connectivity index (χ4n) is 1.69. The first-order valence-corrected chi connectivity index (χ1v) is 5.61. The number of hydrogen-bond donors (Lipinski definition) is 1. The van der Waals surface area contributed by atoms with Crippen LogP contribution in [0, 0.1) is 5.82 Å². The molecule has 0 saturated carbocycles. The lowest BCUT2D eigenvalue weighted by atomic mass is 10.1. The van der Waals surface area contributed by atoms with E-state index in [4.69, 9.17) is 0 Å². The number of halogens is 1. The molecule has 1 aromatic carbocycles. The van der Waals surface area contributed by atoms with E-state index in [1.54, 1.807) is 6.07 Å². The van der Waals surface area contributed by atoms with E-state index in [9.17, 15) is 9.18 Å². The molecule has 1 aromatic rings. The molecule has 0 amide bonds. The van der Waals surface area contributed by atoms with Gasteiger partial charge in [0.1, 0.15) is 5.82 Å². The minimum absolute atomic E-state index is 0.00893. The van der Waals surface area contributed by atoms with Gasteiger partial charge in [0.2, 0.25) is 0 Å². The Hall–Kier alpha value is -1.42. The highest BCUT2D eigenvalue weighted by Crippen LogP contribution is 2.14. The van der Waals surface area contributed by atoms with Crippen LogP contribution in [0.3, 0.4) is 0 Å². The van der Waals surface area contributed by atoms with Crippen LogP contribution < -0.4 is 5.32 Å². The summed E-state index contributed by atoms with van der Waals surface area (Å²) in [6.45, 7) is 3.83. The van der Waals surface area contributed by atoms with E-state index in [2.05, 4.69) is 10.1 Å². The lowest BCUT2D eigenvalue weighted by Crippen LogP contribution is -2.31. The summed E-state index contributed by atoms with van der Waals surface area (Å²) < 4.78 is 17.6. The standard InChI is InChI=1S/C13H18FNO2/c1-9(7-13(16)17-3)15-10(2)11-5-4-6-12(14)8-11/h4-6,8-10,15H,7H2,1-3H3/t9?,10-/m0/s1. The Balaban J connectivity index is 2.54. The van der Waals surface area contributed by atoms with Crippen molar-refractivity contribution in [3.05, 3.63) is 35.6 Å². The third-order valence-corrected chi connectivity index (χ3v) is 2.58. The Morgan fingerprint density at radius 2 is 2.18 bits per heavy atom. The minimum atomic E-state index is -0.253. The molecule has 1 rings (SSSR count). The van der Waals surface area contributed by atoms with Crippen molar-refractivity contribution in [1.82, 2.24) is 5.32 Å². The van der Waals surface area contributed by atoms with Crippen LogP contribution in [0.4, 0.5) is 4.39 Å². The summed E-state index contributed by atoms with van der Waals surface area (Å²) in [5, 5.41) is 3.22. The Labute approximate surface area is 101 Å². The van der Waals surface area contributed by atoms with Crippen LogP contribution in [-0.4, -0.2) is 19.1 Å². The number of methoxy groups -OCH3 is 1. The topological polar surface area (TPSA) is 38.3 Å². The molecule has 0 aliphatic heterocycles. The predicted molar refractivity (Wildman–Crippen MR) is 64.0 cm³/mol. The van der Waals surface area contributed by atoms with Crippen molar-refractivity contribution in [1.29, 1.82) is 0 Å². The summed E-state index contributed by atoms with van der Waals surface area (Å²) in [6.07, 6.45) is 0.302. The van der Waals surface area contributed by atoms with Crippen molar-refractivity contribution in [3.63, 3.8) is 0 Å². The zero-order valence-electron chi connectivity index (χ0n) is 10.4. The molecule has 0 bridgehead atoms. The van der Waals surface area contributed by atoms with Gasteiger partial charge in [-0.3, -0.25) is 4.79 Å². The maximum absolute atomic E-state index is 13.0. The Morgan fingerprint density at radius 3 is 2.76 bits per heavy atom. The molecule has 0 aliphatic rings. The van der Waals surface area contributed by atoms with Crippen LogP contribution in [0.2, 0.25) is 0 Å². The molecular weight excluding hydrogens is 221 g/mol. The molecule has 1 N–H and O–H groups in total. The molecule has 4 heteroatoms. The van der Waals surface area contributed by atoms with Crippen molar-refractivity contribution in [3.8, 4) is 0 Å². The first kappa shape index (κ1) is 13.6. The quantitative estimate of drug-likeness (QED) is 0.802. The van der Waals surface area contributed by atoms with Gasteiger partial charge >= 0.3 is 5.97 Å². The number of carbonyl (C=O) groups is 1. The molecule has 17 heavy (non-hydrogen) atoms. The smallest absolute Gasteiger partial charge is 0.307 e. The van der Waals surface area contributed by atoms with E-state index < -0.39 is 0 Å². The zero-order chi connectivity index (χ0) is 12.8. The lowest BCUT2D eigenvalue weighted by Gasteiger charge is -2.19. The highest BCUT2D eigenvalue weighted by molar-refractivity contribution is 5.69. The van der Waals surface area contributed by atoms with Gasteiger partial charge < -0.3 is 10.1 Å². The first-order chi connectivity index (χ1) is 8.02. The Kier molecular flexibility index (Phi) is 5.10. The number of nitrogens with one attached hydrogen (secondary N) is 1. The molecule has 0 aromatic heterocycles. The molecular formula is C13H18FNO2. The fraction of sp³-hybridized carbons (Fsp3) is 0.462. The van der Waals surface area contributed by atoms with Gasteiger partial charge in [0.05, 0.1) is 13.5 Å². The molecule has 3 nitrogen and oxygen atoms in total. The van der Waals surface area contributed by atoms with E-state index >= 15 is 0 Å². The van der Waals surface area contributed by atoms with Gasteiger partial charge in [-0.1, -0.05) is 12.1 Å². The average molecular weight is 239 g/mol. The molecule has 1 unspecified atom stereocenters. The second-order valence-corrected chi connectivity index (χ2v) is 4.12. The molecule has 0 heterocycles. The van der Waals surface area contributed by atoms with Crippen LogP contribution in [-0.2, 0) is 9.53 Å². The first-order valence-electron chi connectivity index (χ1n) is 5.61. The highest BCUT2D eigenvalue weighted by Gasteiger charge is 2.13. The van der Waals surface area contributed by atoms with Crippen molar-refractivity contribution in [2.24, 2.45) is 0 Å². The number of benzene rings is 1. The fourth-order valence-corrected chi connectivity index (χ4v) is 1.69. The summed E-state index contributed by atoms with van der Waals surface area (Å²) >= 11 is 0.